The van der Waals surface area contributed by atoms with Gasteiger partial charge in [-0.25, -0.2) is 0 Å². The molecule has 0 saturated carbocycles. The first-order valence-electron chi connectivity index (χ1n) is 5.64. The van der Waals surface area contributed by atoms with Gasteiger partial charge in [-0.1, -0.05) is 6.07 Å². The van der Waals surface area contributed by atoms with Gasteiger partial charge >= 0.3 is 5.97 Å². The Morgan fingerprint density at radius 3 is 2.88 bits per heavy atom. The van der Waals surface area contributed by atoms with Gasteiger partial charge in [0, 0.05) is 11.6 Å². The summed E-state index contributed by atoms with van der Waals surface area (Å²) in [5.41, 5.74) is 1.70. The van der Waals surface area contributed by atoms with Crippen molar-refractivity contribution >= 4 is 5.97 Å². The Kier molecular flexibility index (Phi) is 3.51. The number of aliphatic carboxylic acids is 1. The molecule has 0 atom stereocenters. The minimum absolute atomic E-state index is 0.0127. The molecule has 2 heterocycles. The molecule has 1 fully saturated rings. The van der Waals surface area contributed by atoms with Gasteiger partial charge in [0.2, 0.25) is 0 Å². The minimum Gasteiger partial charge on any atom is -0.481 e. The van der Waals surface area contributed by atoms with E-state index < -0.39 is 5.97 Å². The summed E-state index contributed by atoms with van der Waals surface area (Å²) in [6.07, 6.45) is 2.19. The van der Waals surface area contributed by atoms with Crippen LogP contribution in [-0.2, 0) is 11.2 Å². The maximum Gasteiger partial charge on any atom is 0.309 e. The lowest BCUT2D eigenvalue weighted by atomic mass is 9.94. The maximum atomic E-state index is 10.6. The molecule has 1 aliphatic heterocycles. The predicted octanol–water partition coefficient (Wildman–Crippen LogP) is 1.18. The summed E-state index contributed by atoms with van der Waals surface area (Å²) in [5.74, 6) is -0.343. The fourth-order valence-electron chi connectivity index (χ4n) is 2.10. The Labute approximate surface area is 94.7 Å². The smallest absolute Gasteiger partial charge is 0.309 e. The Morgan fingerprint density at radius 2 is 2.19 bits per heavy atom. The highest BCUT2D eigenvalue weighted by Gasteiger charge is 2.16. The van der Waals surface area contributed by atoms with Gasteiger partial charge < -0.3 is 10.4 Å². The largest absolute Gasteiger partial charge is 0.481 e. The molecule has 4 nitrogen and oxygen atoms in total. The van der Waals surface area contributed by atoms with Crippen molar-refractivity contribution in [2.75, 3.05) is 13.1 Å². The van der Waals surface area contributed by atoms with Crippen LogP contribution in [0.1, 0.15) is 30.1 Å². The van der Waals surface area contributed by atoms with E-state index >= 15 is 0 Å². The summed E-state index contributed by atoms with van der Waals surface area (Å²) >= 11 is 0. The zero-order valence-corrected chi connectivity index (χ0v) is 9.15. The number of pyridine rings is 1. The van der Waals surface area contributed by atoms with Crippen LogP contribution in [-0.4, -0.2) is 29.1 Å². The second-order valence-corrected chi connectivity index (χ2v) is 4.15. The van der Waals surface area contributed by atoms with Gasteiger partial charge in [0.25, 0.3) is 0 Å². The van der Waals surface area contributed by atoms with Crippen molar-refractivity contribution in [3.05, 3.63) is 29.6 Å². The summed E-state index contributed by atoms with van der Waals surface area (Å²) < 4.78 is 0. The summed E-state index contributed by atoms with van der Waals surface area (Å²) in [7, 11) is 0. The van der Waals surface area contributed by atoms with Crippen molar-refractivity contribution < 1.29 is 9.90 Å². The van der Waals surface area contributed by atoms with Gasteiger partial charge in [0.15, 0.2) is 0 Å². The number of carbonyl (C=O) groups is 1. The van der Waals surface area contributed by atoms with Gasteiger partial charge in [0.1, 0.15) is 0 Å². The fourth-order valence-corrected chi connectivity index (χ4v) is 2.10. The van der Waals surface area contributed by atoms with Crippen LogP contribution in [0.2, 0.25) is 0 Å². The number of piperidine rings is 1. The van der Waals surface area contributed by atoms with Gasteiger partial charge in [-0.15, -0.1) is 0 Å². The molecule has 4 heteroatoms. The first-order valence-corrected chi connectivity index (χ1v) is 5.64. The van der Waals surface area contributed by atoms with Crippen LogP contribution in [0.4, 0.5) is 0 Å². The zero-order chi connectivity index (χ0) is 11.4. The van der Waals surface area contributed by atoms with Crippen LogP contribution in [0.3, 0.4) is 0 Å². The highest BCUT2D eigenvalue weighted by atomic mass is 16.4. The van der Waals surface area contributed by atoms with Crippen molar-refractivity contribution in [3.8, 4) is 0 Å². The van der Waals surface area contributed by atoms with Gasteiger partial charge in [-0.05, 0) is 38.1 Å². The molecule has 0 radical (unpaired) electrons. The Hall–Kier alpha value is -1.42. The Balaban J connectivity index is 2.11. The second kappa shape index (κ2) is 5.07. The van der Waals surface area contributed by atoms with Gasteiger partial charge in [0.05, 0.1) is 12.1 Å². The number of nitrogens with zero attached hydrogens (tertiary/aromatic N) is 1. The molecule has 1 aliphatic rings. The van der Waals surface area contributed by atoms with E-state index in [2.05, 4.69) is 10.3 Å². The van der Waals surface area contributed by atoms with E-state index in [1.54, 1.807) is 6.07 Å². The number of nitrogens with one attached hydrogen (secondary N) is 1. The van der Waals surface area contributed by atoms with Crippen molar-refractivity contribution in [2.24, 2.45) is 0 Å². The van der Waals surface area contributed by atoms with E-state index in [9.17, 15) is 4.79 Å². The van der Waals surface area contributed by atoms with Crippen LogP contribution in [0, 0.1) is 0 Å². The summed E-state index contributed by atoms with van der Waals surface area (Å²) in [5, 5.41) is 12.0. The molecule has 0 amide bonds. The van der Waals surface area contributed by atoms with E-state index in [0.717, 1.165) is 31.6 Å². The number of hydrogen-bond acceptors (Lipinski definition) is 3. The molecule has 1 aromatic rings. The van der Waals surface area contributed by atoms with Crippen LogP contribution < -0.4 is 5.32 Å². The monoisotopic (exact) mass is 220 g/mol. The Morgan fingerprint density at radius 1 is 1.44 bits per heavy atom. The van der Waals surface area contributed by atoms with E-state index in [1.165, 1.54) is 0 Å². The highest BCUT2D eigenvalue weighted by molar-refractivity contribution is 5.69. The second-order valence-electron chi connectivity index (χ2n) is 4.15. The normalized spacial score (nSPS) is 17.2. The average molecular weight is 220 g/mol. The van der Waals surface area contributed by atoms with Gasteiger partial charge in [-0.2, -0.15) is 0 Å². The number of hydrogen-bond donors (Lipinski definition) is 2. The van der Waals surface area contributed by atoms with Crippen molar-refractivity contribution in [1.82, 2.24) is 10.3 Å². The van der Waals surface area contributed by atoms with Gasteiger partial charge in [-0.3, -0.25) is 9.78 Å². The van der Waals surface area contributed by atoms with E-state index in [1.807, 2.05) is 12.1 Å². The van der Waals surface area contributed by atoms with Crippen LogP contribution >= 0.6 is 0 Å². The minimum atomic E-state index is -0.824. The molecular formula is C12H16N2O2. The quantitative estimate of drug-likeness (QED) is 0.802. The molecule has 0 aromatic carbocycles. The van der Waals surface area contributed by atoms with E-state index in [-0.39, 0.29) is 6.42 Å². The average Bonchev–Trinajstić information content (AvgIpc) is 2.30. The molecule has 1 aromatic heterocycles. The third-order valence-corrected chi connectivity index (χ3v) is 2.92. The molecule has 1 saturated heterocycles. The predicted molar refractivity (Wildman–Crippen MR) is 60.4 cm³/mol. The lowest BCUT2D eigenvalue weighted by Gasteiger charge is -2.22. The number of aromatic nitrogens is 1. The topological polar surface area (TPSA) is 62.2 Å². The van der Waals surface area contributed by atoms with Crippen molar-refractivity contribution in [1.29, 1.82) is 0 Å². The summed E-state index contributed by atoms with van der Waals surface area (Å²) in [4.78, 5) is 15.0. The molecule has 0 unspecified atom stereocenters. The standard InChI is InChI=1S/C12H16N2O2/c15-12(16)8-10-2-1-3-11(14-10)9-4-6-13-7-5-9/h1-3,9,13H,4-8H2,(H,15,16). The fraction of sp³-hybridized carbons (Fsp3) is 0.500. The van der Waals surface area contributed by atoms with Crippen molar-refractivity contribution in [2.45, 2.75) is 25.2 Å². The third kappa shape index (κ3) is 2.79. The van der Waals surface area contributed by atoms with E-state index in [4.69, 9.17) is 5.11 Å². The zero-order valence-electron chi connectivity index (χ0n) is 9.15. The van der Waals surface area contributed by atoms with Crippen molar-refractivity contribution in [3.63, 3.8) is 0 Å². The first-order chi connectivity index (χ1) is 7.75. The van der Waals surface area contributed by atoms with Crippen LogP contribution in [0.15, 0.2) is 18.2 Å². The maximum absolute atomic E-state index is 10.6. The van der Waals surface area contributed by atoms with E-state index in [0.29, 0.717) is 11.6 Å². The molecule has 0 aliphatic carbocycles. The van der Waals surface area contributed by atoms with Crippen LogP contribution in [0.5, 0.6) is 0 Å². The third-order valence-electron chi connectivity index (χ3n) is 2.92. The SMILES string of the molecule is O=C(O)Cc1cccc(C2CCNCC2)n1. The molecule has 16 heavy (non-hydrogen) atoms. The molecule has 86 valence electrons. The first kappa shape index (κ1) is 11.1. The molecular weight excluding hydrogens is 204 g/mol. The lowest BCUT2D eigenvalue weighted by molar-refractivity contribution is -0.136. The number of rotatable bonds is 3. The number of carboxylic acid groups (broad SMARTS) is 1. The molecule has 0 bridgehead atoms. The molecule has 2 rings (SSSR count). The molecule has 0 spiro atoms. The number of carboxylic acids is 1. The Bertz CT molecular complexity index is 373. The highest BCUT2D eigenvalue weighted by Crippen LogP contribution is 2.23. The summed E-state index contributed by atoms with van der Waals surface area (Å²) in [6.45, 7) is 2.05. The van der Waals surface area contributed by atoms with Crippen LogP contribution in [0.25, 0.3) is 0 Å². The lowest BCUT2D eigenvalue weighted by Crippen LogP contribution is -2.27. The summed E-state index contributed by atoms with van der Waals surface area (Å²) in [6, 6.07) is 5.68. The molecule has 2 N–H and O–H groups in total.